The molecule has 0 amide bonds. The summed E-state index contributed by atoms with van der Waals surface area (Å²) in [6.45, 7) is 0.633. The number of hydrogen-bond acceptors (Lipinski definition) is 4. The lowest BCUT2D eigenvalue weighted by atomic mass is 9.79. The molecule has 20 heavy (non-hydrogen) atoms. The average Bonchev–Trinajstić information content (AvgIpc) is 2.84. The van der Waals surface area contributed by atoms with Crippen molar-refractivity contribution in [3.63, 3.8) is 0 Å². The van der Waals surface area contributed by atoms with Crippen LogP contribution in [-0.2, 0) is 14.6 Å². The van der Waals surface area contributed by atoms with Crippen molar-refractivity contribution < 1.29 is 18.3 Å². The van der Waals surface area contributed by atoms with Gasteiger partial charge < -0.3 is 10.4 Å². The molecule has 0 saturated heterocycles. The highest BCUT2D eigenvalue weighted by Crippen LogP contribution is 2.31. The van der Waals surface area contributed by atoms with Crippen LogP contribution in [0, 0.1) is 11.8 Å². The number of nitrogens with one attached hydrogen (secondary N) is 1. The smallest absolute Gasteiger partial charge is 0.306 e. The predicted octanol–water partition coefficient (Wildman–Crippen LogP) is 1.43. The van der Waals surface area contributed by atoms with E-state index in [4.69, 9.17) is 0 Å². The summed E-state index contributed by atoms with van der Waals surface area (Å²) in [4.78, 5) is 11.3. The maximum atomic E-state index is 11.7. The molecule has 0 aliphatic heterocycles. The van der Waals surface area contributed by atoms with E-state index in [0.29, 0.717) is 6.54 Å². The van der Waals surface area contributed by atoms with Crippen molar-refractivity contribution in [3.8, 4) is 0 Å². The van der Waals surface area contributed by atoms with Crippen LogP contribution in [-0.4, -0.2) is 43.6 Å². The summed E-state index contributed by atoms with van der Waals surface area (Å²) >= 11 is 0. The summed E-state index contributed by atoms with van der Waals surface area (Å²) < 4.78 is 23.5. The second-order valence-electron chi connectivity index (χ2n) is 6.30. The van der Waals surface area contributed by atoms with Crippen molar-refractivity contribution in [1.82, 2.24) is 5.32 Å². The van der Waals surface area contributed by atoms with Crippen LogP contribution in [0.5, 0.6) is 0 Å². The molecular weight excluding hydrogens is 278 g/mol. The minimum Gasteiger partial charge on any atom is -0.481 e. The van der Waals surface area contributed by atoms with Crippen molar-refractivity contribution >= 4 is 15.8 Å². The van der Waals surface area contributed by atoms with Gasteiger partial charge >= 0.3 is 5.97 Å². The maximum Gasteiger partial charge on any atom is 0.306 e. The first-order valence-corrected chi connectivity index (χ1v) is 9.50. The molecule has 5 nitrogen and oxygen atoms in total. The Bertz CT molecular complexity index is 448. The quantitative estimate of drug-likeness (QED) is 0.803. The second-order valence-corrected chi connectivity index (χ2v) is 8.57. The summed E-state index contributed by atoms with van der Waals surface area (Å²) in [5.74, 6) is -0.834. The van der Waals surface area contributed by atoms with Crippen molar-refractivity contribution in [1.29, 1.82) is 0 Å². The normalized spacial score (nSPS) is 35.0. The molecule has 0 spiro atoms. The van der Waals surface area contributed by atoms with Crippen molar-refractivity contribution in [2.24, 2.45) is 11.8 Å². The summed E-state index contributed by atoms with van der Waals surface area (Å²) in [7, 11) is -3.01. The van der Waals surface area contributed by atoms with E-state index in [9.17, 15) is 18.3 Å². The topological polar surface area (TPSA) is 83.5 Å². The number of carboxylic acid groups (broad SMARTS) is 1. The van der Waals surface area contributed by atoms with Gasteiger partial charge in [-0.2, -0.15) is 0 Å². The standard InChI is InChI=1S/C14H25NO4S/c1-20(18,19)13-8-4-7-12(13)15-9-10-5-2-3-6-11(10)14(16)17/h10-13,15H,2-9H2,1H3,(H,16,17). The first-order valence-electron chi connectivity index (χ1n) is 7.54. The summed E-state index contributed by atoms with van der Waals surface area (Å²) in [5.41, 5.74) is 0. The molecule has 0 bridgehead atoms. The maximum absolute atomic E-state index is 11.7. The van der Waals surface area contributed by atoms with E-state index in [1.807, 2.05) is 0 Å². The zero-order valence-electron chi connectivity index (χ0n) is 12.0. The fourth-order valence-electron chi connectivity index (χ4n) is 3.75. The molecule has 2 N–H and O–H groups in total. The van der Waals surface area contributed by atoms with Gasteiger partial charge in [0, 0.05) is 12.3 Å². The van der Waals surface area contributed by atoms with Gasteiger partial charge in [0.15, 0.2) is 9.84 Å². The van der Waals surface area contributed by atoms with E-state index >= 15 is 0 Å². The van der Waals surface area contributed by atoms with Gasteiger partial charge in [0.1, 0.15) is 0 Å². The Morgan fingerprint density at radius 2 is 1.85 bits per heavy atom. The van der Waals surface area contributed by atoms with Crippen LogP contribution in [0.2, 0.25) is 0 Å². The molecule has 2 fully saturated rings. The fraction of sp³-hybridized carbons (Fsp3) is 0.929. The summed E-state index contributed by atoms with van der Waals surface area (Å²) in [5, 5.41) is 12.3. The number of carboxylic acids is 1. The van der Waals surface area contributed by atoms with Crippen LogP contribution in [0.25, 0.3) is 0 Å². The van der Waals surface area contributed by atoms with E-state index in [0.717, 1.165) is 44.9 Å². The van der Waals surface area contributed by atoms with E-state index in [1.54, 1.807) is 0 Å². The molecule has 0 heterocycles. The van der Waals surface area contributed by atoms with E-state index in [-0.39, 0.29) is 23.1 Å². The Balaban J connectivity index is 1.92. The number of hydrogen-bond donors (Lipinski definition) is 2. The monoisotopic (exact) mass is 303 g/mol. The highest BCUT2D eigenvalue weighted by atomic mass is 32.2. The molecule has 4 atom stereocenters. The van der Waals surface area contributed by atoms with Gasteiger partial charge in [-0.25, -0.2) is 8.42 Å². The number of carbonyl (C=O) groups is 1. The molecule has 2 aliphatic rings. The highest BCUT2D eigenvalue weighted by molar-refractivity contribution is 7.91. The molecule has 0 radical (unpaired) electrons. The molecule has 0 aromatic rings. The third kappa shape index (κ3) is 3.73. The third-order valence-electron chi connectivity index (χ3n) is 4.87. The lowest BCUT2D eigenvalue weighted by Gasteiger charge is -2.30. The van der Waals surface area contributed by atoms with Gasteiger partial charge in [-0.1, -0.05) is 19.3 Å². The van der Waals surface area contributed by atoms with Crippen LogP contribution in [0.4, 0.5) is 0 Å². The van der Waals surface area contributed by atoms with Gasteiger partial charge in [-0.15, -0.1) is 0 Å². The van der Waals surface area contributed by atoms with Crippen LogP contribution < -0.4 is 5.32 Å². The molecule has 2 aliphatic carbocycles. The van der Waals surface area contributed by atoms with Gasteiger partial charge in [0.05, 0.1) is 11.2 Å². The van der Waals surface area contributed by atoms with E-state index in [1.165, 1.54) is 6.26 Å². The van der Waals surface area contributed by atoms with Crippen LogP contribution in [0.1, 0.15) is 44.9 Å². The zero-order valence-corrected chi connectivity index (χ0v) is 12.9. The SMILES string of the molecule is CS(=O)(=O)C1CCCC1NCC1CCCCC1C(=O)O. The molecule has 6 heteroatoms. The Labute approximate surface area is 121 Å². The molecule has 2 saturated carbocycles. The van der Waals surface area contributed by atoms with Gasteiger partial charge in [0.2, 0.25) is 0 Å². The molecule has 2 rings (SSSR count). The highest BCUT2D eigenvalue weighted by Gasteiger charge is 2.36. The van der Waals surface area contributed by atoms with Crippen LogP contribution in [0.15, 0.2) is 0 Å². The first kappa shape index (κ1) is 15.8. The van der Waals surface area contributed by atoms with Crippen molar-refractivity contribution in [2.75, 3.05) is 12.8 Å². The van der Waals surface area contributed by atoms with Crippen molar-refractivity contribution in [3.05, 3.63) is 0 Å². The number of rotatable bonds is 5. The summed E-state index contributed by atoms with van der Waals surface area (Å²) in [6, 6.07) is 0.00127. The zero-order chi connectivity index (χ0) is 14.8. The number of sulfone groups is 1. The second kappa shape index (κ2) is 6.43. The first-order chi connectivity index (χ1) is 9.39. The lowest BCUT2D eigenvalue weighted by molar-refractivity contribution is -0.144. The van der Waals surface area contributed by atoms with E-state index < -0.39 is 15.8 Å². The van der Waals surface area contributed by atoms with Gasteiger partial charge in [-0.05, 0) is 38.1 Å². The average molecular weight is 303 g/mol. The Hall–Kier alpha value is -0.620. The fourth-order valence-corrected chi connectivity index (χ4v) is 5.18. The molecule has 4 unspecified atom stereocenters. The van der Waals surface area contributed by atoms with E-state index in [2.05, 4.69) is 5.32 Å². The minimum absolute atomic E-state index is 0.00127. The largest absolute Gasteiger partial charge is 0.481 e. The van der Waals surface area contributed by atoms with Gasteiger partial charge in [0.25, 0.3) is 0 Å². The van der Waals surface area contributed by atoms with Crippen LogP contribution in [0.3, 0.4) is 0 Å². The molecular formula is C14H25NO4S. The van der Waals surface area contributed by atoms with Crippen molar-refractivity contribution in [2.45, 2.75) is 56.2 Å². The molecule has 0 aromatic heterocycles. The Morgan fingerprint density at radius 3 is 2.50 bits per heavy atom. The minimum atomic E-state index is -3.01. The predicted molar refractivity (Wildman–Crippen MR) is 77.4 cm³/mol. The number of aliphatic carboxylic acids is 1. The third-order valence-corrected chi connectivity index (χ3v) is 6.54. The Kier molecular flexibility index (Phi) is 5.07. The molecule has 0 aromatic carbocycles. The molecule has 116 valence electrons. The Morgan fingerprint density at radius 1 is 1.15 bits per heavy atom. The summed E-state index contributed by atoms with van der Waals surface area (Å²) in [6.07, 6.45) is 7.59. The van der Waals surface area contributed by atoms with Crippen LogP contribution >= 0.6 is 0 Å². The van der Waals surface area contributed by atoms with Gasteiger partial charge in [-0.3, -0.25) is 4.79 Å². The lowest BCUT2D eigenvalue weighted by Crippen LogP contribution is -2.44.